The highest BCUT2D eigenvalue weighted by Crippen LogP contribution is 1.93. The average molecular weight is 177 g/mol. The molecule has 0 bridgehead atoms. The molecule has 1 aromatic rings. The lowest BCUT2D eigenvalue weighted by molar-refractivity contribution is 0.180. The summed E-state index contributed by atoms with van der Waals surface area (Å²) in [6.45, 7) is 0. The highest BCUT2D eigenvalue weighted by Gasteiger charge is 2.02. The zero-order chi connectivity index (χ0) is 8.10. The van der Waals surface area contributed by atoms with Crippen LogP contribution in [0.5, 0.6) is 0 Å². The van der Waals surface area contributed by atoms with Crippen LogP contribution in [0.3, 0.4) is 0 Å². The number of hydrogen-bond donors (Lipinski definition) is 2. The second-order valence-electron chi connectivity index (χ2n) is 1.50. The van der Waals surface area contributed by atoms with Gasteiger partial charge in [-0.1, -0.05) is 11.6 Å². The predicted molar refractivity (Wildman–Crippen MR) is 37.2 cm³/mol. The maximum Gasteiger partial charge on any atom is 0.415 e. The van der Waals surface area contributed by atoms with Gasteiger partial charge in [-0.15, -0.1) is 0 Å². The van der Waals surface area contributed by atoms with Crippen LogP contribution in [0.15, 0.2) is 6.33 Å². The molecule has 0 fully saturated rings. The lowest BCUT2D eigenvalue weighted by atomic mass is 10.9. The maximum atomic E-state index is 10.6. The zero-order valence-electron chi connectivity index (χ0n) is 5.37. The van der Waals surface area contributed by atoms with Crippen molar-refractivity contribution in [3.05, 3.63) is 6.33 Å². The predicted octanol–water partition coefficient (Wildman–Crippen LogP) is 0.549. The number of aromatic nitrogens is 3. The fourth-order valence-corrected chi connectivity index (χ4v) is 0.547. The van der Waals surface area contributed by atoms with E-state index in [0.717, 1.165) is 0 Å². The van der Waals surface area contributed by atoms with Crippen molar-refractivity contribution in [1.29, 1.82) is 0 Å². The molecular formula is C4H5ClN4O2. The smallest absolute Gasteiger partial charge is 0.415 e. The van der Waals surface area contributed by atoms with Gasteiger partial charge < -0.3 is 4.74 Å². The molecule has 0 aliphatic heterocycles. The first kappa shape index (κ1) is 7.80. The normalized spacial score (nSPS) is 9.18. The van der Waals surface area contributed by atoms with Crippen molar-refractivity contribution in [2.45, 2.75) is 0 Å². The molecular weight excluding hydrogens is 172 g/mol. The van der Waals surface area contributed by atoms with Gasteiger partial charge in [-0.2, -0.15) is 10.1 Å². The SMILES string of the molecule is O=C(Nc1ncn[nH]1)OCCl. The van der Waals surface area contributed by atoms with E-state index >= 15 is 0 Å². The maximum absolute atomic E-state index is 10.6. The lowest BCUT2D eigenvalue weighted by Crippen LogP contribution is -2.13. The van der Waals surface area contributed by atoms with E-state index in [0.29, 0.717) is 0 Å². The van der Waals surface area contributed by atoms with Crippen LogP contribution < -0.4 is 5.32 Å². The molecule has 0 aliphatic rings. The minimum absolute atomic E-state index is 0.194. The summed E-state index contributed by atoms with van der Waals surface area (Å²) in [7, 11) is 0. The Morgan fingerprint density at radius 3 is 3.27 bits per heavy atom. The van der Waals surface area contributed by atoms with Gasteiger partial charge >= 0.3 is 6.09 Å². The van der Waals surface area contributed by atoms with Crippen LogP contribution in [0.25, 0.3) is 0 Å². The molecule has 7 heteroatoms. The molecule has 6 nitrogen and oxygen atoms in total. The van der Waals surface area contributed by atoms with Crippen molar-refractivity contribution in [3.63, 3.8) is 0 Å². The first-order valence-corrected chi connectivity index (χ1v) is 3.21. The van der Waals surface area contributed by atoms with Crippen LogP contribution >= 0.6 is 11.6 Å². The third-order valence-corrected chi connectivity index (χ3v) is 0.930. The molecule has 2 N–H and O–H groups in total. The van der Waals surface area contributed by atoms with Crippen LogP contribution in [0, 0.1) is 0 Å². The van der Waals surface area contributed by atoms with Gasteiger partial charge in [0.05, 0.1) is 0 Å². The Morgan fingerprint density at radius 1 is 1.91 bits per heavy atom. The third-order valence-electron chi connectivity index (χ3n) is 0.821. The van der Waals surface area contributed by atoms with E-state index in [4.69, 9.17) is 11.6 Å². The number of carbonyl (C=O) groups excluding carboxylic acids is 1. The Bertz CT molecular complexity index is 224. The monoisotopic (exact) mass is 176 g/mol. The molecule has 1 amide bonds. The number of hydrogen-bond acceptors (Lipinski definition) is 4. The van der Waals surface area contributed by atoms with E-state index in [9.17, 15) is 4.79 Å². The minimum Gasteiger partial charge on any atom is -0.433 e. The molecule has 1 rings (SSSR count). The summed E-state index contributed by atoms with van der Waals surface area (Å²) in [5, 5.41) is 8.15. The van der Waals surface area contributed by atoms with E-state index in [-0.39, 0.29) is 12.0 Å². The Labute approximate surface area is 66.9 Å². The van der Waals surface area contributed by atoms with Crippen LogP contribution in [0.4, 0.5) is 10.7 Å². The van der Waals surface area contributed by atoms with Gasteiger partial charge in [0.2, 0.25) is 5.95 Å². The van der Waals surface area contributed by atoms with Crippen LogP contribution in [-0.2, 0) is 4.74 Å². The number of halogens is 1. The zero-order valence-corrected chi connectivity index (χ0v) is 6.13. The second kappa shape index (κ2) is 3.77. The number of ether oxygens (including phenoxy) is 1. The summed E-state index contributed by atoms with van der Waals surface area (Å²) in [5.74, 6) is 0.222. The lowest BCUT2D eigenvalue weighted by Gasteiger charge is -1.98. The molecule has 0 atom stereocenters. The molecule has 0 unspecified atom stereocenters. The van der Waals surface area contributed by atoms with E-state index in [1.165, 1.54) is 6.33 Å². The summed E-state index contributed by atoms with van der Waals surface area (Å²) in [5.41, 5.74) is 0. The molecule has 1 heterocycles. The Balaban J connectivity index is 2.37. The van der Waals surface area contributed by atoms with Crippen LogP contribution in [-0.4, -0.2) is 27.3 Å². The molecule has 0 aromatic carbocycles. The second-order valence-corrected chi connectivity index (χ2v) is 1.72. The molecule has 60 valence electrons. The third kappa shape index (κ3) is 2.42. The molecule has 0 spiro atoms. The van der Waals surface area contributed by atoms with Crippen LogP contribution in [0.2, 0.25) is 0 Å². The number of carbonyl (C=O) groups is 1. The molecule has 0 radical (unpaired) electrons. The van der Waals surface area contributed by atoms with Gasteiger partial charge in [-0.25, -0.2) is 9.89 Å². The van der Waals surface area contributed by atoms with Crippen molar-refractivity contribution < 1.29 is 9.53 Å². The number of H-pyrrole nitrogens is 1. The van der Waals surface area contributed by atoms with Crippen molar-refractivity contribution in [2.75, 3.05) is 11.4 Å². The number of aromatic amines is 1. The Hall–Kier alpha value is -1.30. The summed E-state index contributed by atoms with van der Waals surface area (Å²) in [4.78, 5) is 14.2. The van der Waals surface area contributed by atoms with Gasteiger partial charge in [0.15, 0.2) is 6.07 Å². The Morgan fingerprint density at radius 2 is 2.73 bits per heavy atom. The van der Waals surface area contributed by atoms with Crippen molar-refractivity contribution >= 4 is 23.6 Å². The summed E-state index contributed by atoms with van der Waals surface area (Å²) >= 11 is 5.11. The first-order valence-electron chi connectivity index (χ1n) is 2.68. The average Bonchev–Trinajstić information content (AvgIpc) is 2.40. The highest BCUT2D eigenvalue weighted by atomic mass is 35.5. The number of rotatable bonds is 2. The van der Waals surface area contributed by atoms with Crippen LogP contribution in [0.1, 0.15) is 0 Å². The molecule has 0 aliphatic carbocycles. The van der Waals surface area contributed by atoms with Gasteiger partial charge in [0.1, 0.15) is 6.33 Å². The van der Waals surface area contributed by atoms with Crippen molar-refractivity contribution in [2.24, 2.45) is 0 Å². The number of alkyl halides is 1. The quantitative estimate of drug-likeness (QED) is 0.645. The number of amides is 1. The van der Waals surface area contributed by atoms with Gasteiger partial charge in [0, 0.05) is 0 Å². The van der Waals surface area contributed by atoms with E-state index < -0.39 is 6.09 Å². The number of nitrogens with zero attached hydrogens (tertiary/aromatic N) is 2. The Kier molecular flexibility index (Phi) is 2.67. The standard InChI is InChI=1S/C4H5ClN4O2/c5-1-11-4(10)8-3-6-2-7-9-3/h2H,1H2,(H2,6,7,8,9,10). The fourth-order valence-electron chi connectivity index (χ4n) is 0.448. The summed E-state index contributed by atoms with van der Waals surface area (Å²) in [6, 6.07) is -0.194. The number of nitrogens with one attached hydrogen (secondary N) is 2. The fraction of sp³-hybridized carbons (Fsp3) is 0.250. The minimum atomic E-state index is -0.670. The number of anilines is 1. The molecule has 0 saturated carbocycles. The van der Waals surface area contributed by atoms with Gasteiger partial charge in [-0.05, 0) is 0 Å². The van der Waals surface area contributed by atoms with Crippen molar-refractivity contribution in [1.82, 2.24) is 15.2 Å². The van der Waals surface area contributed by atoms with E-state index in [1.54, 1.807) is 0 Å². The molecule has 1 aromatic heterocycles. The molecule has 0 saturated heterocycles. The molecule has 11 heavy (non-hydrogen) atoms. The largest absolute Gasteiger partial charge is 0.433 e. The van der Waals surface area contributed by atoms with Gasteiger partial charge in [0.25, 0.3) is 0 Å². The highest BCUT2D eigenvalue weighted by molar-refractivity contribution is 6.17. The van der Waals surface area contributed by atoms with E-state index in [2.05, 4.69) is 25.2 Å². The topological polar surface area (TPSA) is 79.9 Å². The van der Waals surface area contributed by atoms with Gasteiger partial charge in [-0.3, -0.25) is 5.32 Å². The summed E-state index contributed by atoms with van der Waals surface area (Å²) in [6.07, 6.45) is 0.591. The van der Waals surface area contributed by atoms with E-state index in [1.807, 2.05) is 0 Å². The first-order chi connectivity index (χ1) is 5.33. The summed E-state index contributed by atoms with van der Waals surface area (Å²) < 4.78 is 4.34. The van der Waals surface area contributed by atoms with Crippen molar-refractivity contribution in [3.8, 4) is 0 Å².